The second-order valence-electron chi connectivity index (χ2n) is 4.74. The molecule has 7 nitrogen and oxygen atoms in total. The first-order valence-corrected chi connectivity index (χ1v) is 6.58. The molecule has 1 aromatic carbocycles. The zero-order valence-electron chi connectivity index (χ0n) is 11.7. The summed E-state index contributed by atoms with van der Waals surface area (Å²) in [5, 5.41) is 2.61. The highest BCUT2D eigenvalue weighted by Gasteiger charge is 2.27. The minimum Gasteiger partial charge on any atom is -0.494 e. The van der Waals surface area contributed by atoms with E-state index in [4.69, 9.17) is 10.5 Å². The van der Waals surface area contributed by atoms with Gasteiger partial charge in [0.25, 0.3) is 0 Å². The molecule has 7 heteroatoms. The van der Waals surface area contributed by atoms with Crippen molar-refractivity contribution in [3.05, 3.63) is 18.2 Å². The third kappa shape index (κ3) is 3.50. The molecule has 0 atom stereocenters. The van der Waals surface area contributed by atoms with Crippen LogP contribution in [0.4, 0.5) is 11.4 Å². The van der Waals surface area contributed by atoms with Crippen molar-refractivity contribution in [1.82, 2.24) is 4.90 Å². The van der Waals surface area contributed by atoms with Crippen molar-refractivity contribution in [3.63, 3.8) is 0 Å². The van der Waals surface area contributed by atoms with Gasteiger partial charge in [0.15, 0.2) is 0 Å². The van der Waals surface area contributed by atoms with Gasteiger partial charge in [0.05, 0.1) is 12.8 Å². The second kappa shape index (κ2) is 6.25. The van der Waals surface area contributed by atoms with E-state index in [1.807, 2.05) is 0 Å². The number of imide groups is 1. The summed E-state index contributed by atoms with van der Waals surface area (Å²) in [6, 6.07) is 4.80. The molecular formula is C14H17N3O4. The van der Waals surface area contributed by atoms with E-state index in [9.17, 15) is 14.4 Å². The summed E-state index contributed by atoms with van der Waals surface area (Å²) in [7, 11) is 1.46. The predicted octanol–water partition coefficient (Wildman–Crippen LogP) is 0.755. The standard InChI is InChI=1S/C14H17N3O4/c1-21-11-7-9(15)5-6-10(11)16-12(18)8-17-13(19)3-2-4-14(17)20/h5-7H,2-4,8,15H2,1H3,(H,16,18). The Balaban J connectivity index is 2.05. The largest absolute Gasteiger partial charge is 0.494 e. The number of hydrogen-bond acceptors (Lipinski definition) is 5. The molecule has 3 N–H and O–H groups in total. The Morgan fingerprint density at radius 2 is 2.00 bits per heavy atom. The number of hydrogen-bond donors (Lipinski definition) is 2. The van der Waals surface area contributed by atoms with E-state index < -0.39 is 5.91 Å². The van der Waals surface area contributed by atoms with Gasteiger partial charge in [-0.3, -0.25) is 19.3 Å². The van der Waals surface area contributed by atoms with Gasteiger partial charge in [0.1, 0.15) is 12.3 Å². The van der Waals surface area contributed by atoms with Gasteiger partial charge in [-0.25, -0.2) is 0 Å². The third-order valence-electron chi connectivity index (χ3n) is 3.18. The summed E-state index contributed by atoms with van der Waals surface area (Å²) < 4.78 is 5.12. The Hall–Kier alpha value is -2.57. The molecule has 0 aromatic heterocycles. The normalized spacial score (nSPS) is 15.0. The molecule has 0 spiro atoms. The average molecular weight is 291 g/mol. The maximum Gasteiger partial charge on any atom is 0.244 e. The number of carbonyl (C=O) groups excluding carboxylic acids is 3. The van der Waals surface area contributed by atoms with E-state index in [1.54, 1.807) is 18.2 Å². The van der Waals surface area contributed by atoms with Gasteiger partial charge in [0.2, 0.25) is 17.7 Å². The highest BCUT2D eigenvalue weighted by atomic mass is 16.5. The molecule has 3 amide bonds. The van der Waals surface area contributed by atoms with Gasteiger partial charge >= 0.3 is 0 Å². The molecule has 1 fully saturated rings. The second-order valence-corrected chi connectivity index (χ2v) is 4.74. The molecule has 0 bridgehead atoms. The SMILES string of the molecule is COc1cc(N)ccc1NC(=O)CN1C(=O)CCCC1=O. The van der Waals surface area contributed by atoms with E-state index in [0.29, 0.717) is 36.4 Å². The van der Waals surface area contributed by atoms with Crippen molar-refractivity contribution in [2.45, 2.75) is 19.3 Å². The lowest BCUT2D eigenvalue weighted by atomic mass is 10.1. The van der Waals surface area contributed by atoms with E-state index in [1.165, 1.54) is 7.11 Å². The number of nitrogens with zero attached hydrogens (tertiary/aromatic N) is 1. The monoisotopic (exact) mass is 291 g/mol. The van der Waals surface area contributed by atoms with Gasteiger partial charge in [-0.15, -0.1) is 0 Å². The van der Waals surface area contributed by atoms with Crippen LogP contribution < -0.4 is 15.8 Å². The number of piperidine rings is 1. The van der Waals surface area contributed by atoms with Crippen LogP contribution in [0.15, 0.2) is 18.2 Å². The fourth-order valence-corrected chi connectivity index (χ4v) is 2.12. The first-order chi connectivity index (χ1) is 10.0. The summed E-state index contributed by atoms with van der Waals surface area (Å²) in [6.45, 7) is -0.287. The van der Waals surface area contributed by atoms with Crippen molar-refractivity contribution in [1.29, 1.82) is 0 Å². The molecule has 0 unspecified atom stereocenters. The number of methoxy groups -OCH3 is 1. The summed E-state index contributed by atoms with van der Waals surface area (Å²) in [6.07, 6.45) is 1.13. The lowest BCUT2D eigenvalue weighted by Gasteiger charge is -2.24. The number of likely N-dealkylation sites (tertiary alicyclic amines) is 1. The molecular weight excluding hydrogens is 274 g/mol. The number of nitrogens with one attached hydrogen (secondary N) is 1. The van der Waals surface area contributed by atoms with Crippen LogP contribution in [-0.4, -0.2) is 36.3 Å². The Morgan fingerprint density at radius 3 is 2.62 bits per heavy atom. The van der Waals surface area contributed by atoms with Crippen LogP contribution in [0.5, 0.6) is 5.75 Å². The molecule has 112 valence electrons. The number of benzene rings is 1. The minimum atomic E-state index is -0.457. The molecule has 0 saturated carbocycles. The molecule has 1 saturated heterocycles. The van der Waals surface area contributed by atoms with Gasteiger partial charge < -0.3 is 15.8 Å². The minimum absolute atomic E-state index is 0.287. The average Bonchev–Trinajstić information content (AvgIpc) is 2.45. The van der Waals surface area contributed by atoms with Gasteiger partial charge in [-0.05, 0) is 18.6 Å². The Kier molecular flexibility index (Phi) is 4.42. The van der Waals surface area contributed by atoms with E-state index in [0.717, 1.165) is 4.90 Å². The third-order valence-corrected chi connectivity index (χ3v) is 3.18. The lowest BCUT2D eigenvalue weighted by Crippen LogP contribution is -2.44. The van der Waals surface area contributed by atoms with Crippen LogP contribution in [0, 0.1) is 0 Å². The highest BCUT2D eigenvalue weighted by Crippen LogP contribution is 2.26. The summed E-state index contributed by atoms with van der Waals surface area (Å²) >= 11 is 0. The Labute approximate surface area is 122 Å². The fourth-order valence-electron chi connectivity index (χ4n) is 2.12. The van der Waals surface area contributed by atoms with Crippen LogP contribution >= 0.6 is 0 Å². The Morgan fingerprint density at radius 1 is 1.33 bits per heavy atom. The first-order valence-electron chi connectivity index (χ1n) is 6.58. The molecule has 0 radical (unpaired) electrons. The van der Waals surface area contributed by atoms with Crippen molar-refractivity contribution in [3.8, 4) is 5.75 Å². The van der Waals surface area contributed by atoms with Crippen LogP contribution in [-0.2, 0) is 14.4 Å². The van der Waals surface area contributed by atoms with Gasteiger partial charge in [-0.1, -0.05) is 0 Å². The molecule has 1 aromatic rings. The molecule has 1 aliphatic rings. The Bertz CT molecular complexity index is 570. The van der Waals surface area contributed by atoms with E-state index >= 15 is 0 Å². The molecule has 21 heavy (non-hydrogen) atoms. The van der Waals surface area contributed by atoms with Crippen molar-refractivity contribution in [2.75, 3.05) is 24.7 Å². The van der Waals surface area contributed by atoms with Crippen LogP contribution in [0.25, 0.3) is 0 Å². The number of nitrogens with two attached hydrogens (primary N) is 1. The van der Waals surface area contributed by atoms with E-state index in [2.05, 4.69) is 5.32 Å². The number of ether oxygens (including phenoxy) is 1. The summed E-state index contributed by atoms with van der Waals surface area (Å²) in [5.74, 6) is -0.669. The topological polar surface area (TPSA) is 102 Å². The van der Waals surface area contributed by atoms with Crippen molar-refractivity contribution < 1.29 is 19.1 Å². The number of nitrogen functional groups attached to an aromatic ring is 1. The van der Waals surface area contributed by atoms with Crippen molar-refractivity contribution >= 4 is 29.1 Å². The van der Waals surface area contributed by atoms with Crippen LogP contribution in [0.1, 0.15) is 19.3 Å². The highest BCUT2D eigenvalue weighted by molar-refractivity contribution is 6.03. The zero-order valence-corrected chi connectivity index (χ0v) is 11.7. The number of rotatable bonds is 4. The quantitative estimate of drug-likeness (QED) is 0.629. The summed E-state index contributed by atoms with van der Waals surface area (Å²) in [5.41, 5.74) is 6.57. The first kappa shape index (κ1) is 14.8. The number of anilines is 2. The number of carbonyl (C=O) groups is 3. The molecule has 1 aliphatic heterocycles. The maximum atomic E-state index is 12.0. The van der Waals surface area contributed by atoms with Crippen LogP contribution in [0.3, 0.4) is 0 Å². The smallest absolute Gasteiger partial charge is 0.244 e. The maximum absolute atomic E-state index is 12.0. The van der Waals surface area contributed by atoms with E-state index in [-0.39, 0.29) is 18.4 Å². The summed E-state index contributed by atoms with van der Waals surface area (Å²) in [4.78, 5) is 36.3. The van der Waals surface area contributed by atoms with Crippen LogP contribution in [0.2, 0.25) is 0 Å². The lowest BCUT2D eigenvalue weighted by molar-refractivity contribution is -0.150. The fraction of sp³-hybridized carbons (Fsp3) is 0.357. The predicted molar refractivity (Wildman–Crippen MR) is 76.6 cm³/mol. The van der Waals surface area contributed by atoms with Crippen molar-refractivity contribution in [2.24, 2.45) is 0 Å². The number of amides is 3. The van der Waals surface area contributed by atoms with Gasteiger partial charge in [0, 0.05) is 24.6 Å². The van der Waals surface area contributed by atoms with Gasteiger partial charge in [-0.2, -0.15) is 0 Å². The molecule has 2 rings (SSSR count). The molecule has 0 aliphatic carbocycles. The molecule has 1 heterocycles. The zero-order chi connectivity index (χ0) is 15.4.